The molecule has 0 aromatic heterocycles. The first-order valence-electron chi connectivity index (χ1n) is 3.97. The van der Waals surface area contributed by atoms with Crippen molar-refractivity contribution in [2.45, 2.75) is 0 Å². The average Bonchev–Trinajstić information content (AvgIpc) is 2.14. The van der Waals surface area contributed by atoms with Crippen molar-refractivity contribution in [3.05, 3.63) is 24.3 Å². The van der Waals surface area contributed by atoms with Crippen LogP contribution in [0.5, 0.6) is 0 Å². The van der Waals surface area contributed by atoms with Gasteiger partial charge in [-0.15, -0.1) is 0 Å². The van der Waals surface area contributed by atoms with Crippen LogP contribution < -0.4 is 30.2 Å². The maximum Gasteiger partial charge on any atom is 4.00 e. The van der Waals surface area contributed by atoms with Crippen LogP contribution in [-0.2, 0) is 35.3 Å². The first kappa shape index (κ1) is 22.0. The van der Waals surface area contributed by atoms with Gasteiger partial charge in [0, 0.05) is 5.30 Å². The van der Waals surface area contributed by atoms with Crippen molar-refractivity contribution in [1.29, 1.82) is 0 Å². The molecule has 9 nitrogen and oxygen atoms in total. The first-order chi connectivity index (χ1) is 7.96. The molecule has 1 aromatic rings. The third kappa shape index (κ3) is 9.30. The van der Waals surface area contributed by atoms with Gasteiger partial charge in [0.25, 0.3) is 0 Å². The normalized spacial score (nSPS) is 13.9. The molecule has 19 heavy (non-hydrogen) atoms. The van der Waals surface area contributed by atoms with Crippen molar-refractivity contribution < 1.29 is 69.6 Å². The smallest absolute Gasteiger partial charge is 0.854 e. The molecule has 1 unspecified atom stereocenters. The minimum absolute atomic E-state index is 0. The summed E-state index contributed by atoms with van der Waals surface area (Å²) in [5.41, 5.74) is 0. The molecule has 104 valence electrons. The van der Waals surface area contributed by atoms with E-state index in [1.807, 2.05) is 0 Å². The zero-order valence-corrected chi connectivity index (χ0v) is 14.1. The Balaban J connectivity index is 0. The number of hydrogen-bond donors (Lipinski definition) is 3. The van der Waals surface area contributed by atoms with Gasteiger partial charge in [0.05, 0.1) is 5.30 Å². The van der Waals surface area contributed by atoms with Crippen molar-refractivity contribution in [3.8, 4) is 0 Å². The number of hydrogen-bond acceptors (Lipinski definition) is 6. The van der Waals surface area contributed by atoms with Crippen LogP contribution in [0.15, 0.2) is 24.3 Å². The zero-order valence-electron chi connectivity index (χ0n) is 8.94. The molecule has 0 aliphatic carbocycles. The summed E-state index contributed by atoms with van der Waals surface area (Å²) < 4.78 is 21.6. The fourth-order valence-corrected chi connectivity index (χ4v) is 3.01. The zero-order chi connectivity index (χ0) is 14.6. The Kier molecular flexibility index (Phi) is 10.3. The van der Waals surface area contributed by atoms with Crippen molar-refractivity contribution in [1.82, 2.24) is 0 Å². The van der Waals surface area contributed by atoms with E-state index < -0.39 is 34.4 Å². The summed E-state index contributed by atoms with van der Waals surface area (Å²) in [5, 5.41) is -1.44. The molecule has 0 saturated heterocycles. The molecule has 0 amide bonds. The Morgan fingerprint density at radius 1 is 0.947 bits per heavy atom. The van der Waals surface area contributed by atoms with Gasteiger partial charge in [-0.2, -0.15) is 0 Å². The van der Waals surface area contributed by atoms with Crippen LogP contribution in [-0.4, -0.2) is 14.7 Å². The van der Waals surface area contributed by atoms with Crippen LogP contribution >= 0.6 is 23.8 Å². The summed E-state index contributed by atoms with van der Waals surface area (Å²) in [4.78, 5) is 62.4. The molecule has 13 heteroatoms. The van der Waals surface area contributed by atoms with E-state index in [0.29, 0.717) is 0 Å². The van der Waals surface area contributed by atoms with Crippen LogP contribution in [0, 0.1) is 0 Å². The molecule has 0 spiro atoms. The monoisotopic (exact) mass is 406 g/mol. The van der Waals surface area contributed by atoms with E-state index in [4.69, 9.17) is 29.4 Å². The molecular weight excluding hydrogens is 400 g/mol. The summed E-state index contributed by atoms with van der Waals surface area (Å²) in [7, 11) is -12.9. The second kappa shape index (κ2) is 8.88. The maximum atomic E-state index is 10.8. The van der Waals surface area contributed by atoms with Crippen LogP contribution in [0.1, 0.15) is 0 Å². The van der Waals surface area contributed by atoms with Crippen LogP contribution in [0.3, 0.4) is 0 Å². The van der Waals surface area contributed by atoms with Gasteiger partial charge in [-0.25, -0.2) is 0 Å². The van der Waals surface area contributed by atoms with Gasteiger partial charge in [0.1, 0.15) is 0 Å². The van der Waals surface area contributed by atoms with E-state index in [1.54, 1.807) is 0 Å². The summed E-state index contributed by atoms with van der Waals surface area (Å²) >= 11 is 0. The summed E-state index contributed by atoms with van der Waals surface area (Å²) in [6.07, 6.45) is 0. The van der Waals surface area contributed by atoms with Crippen molar-refractivity contribution in [2.75, 3.05) is 0 Å². The standard InChI is InChI=1S/C6H8O6P2.O3P.Zr/c7-13(8,9)5-3-1-2-4-6(5)14(10,11)12;1-4(2)3;/h1-4H,(H2,7,8,9)(H2,10,11,12);;/q;-3;+4/p-1. The fourth-order valence-electron chi connectivity index (χ4n) is 0.949. The van der Waals surface area contributed by atoms with Gasteiger partial charge in [-0.3, -0.25) is 4.57 Å². The summed E-state index contributed by atoms with van der Waals surface area (Å²) in [5.74, 6) is 0. The summed E-state index contributed by atoms with van der Waals surface area (Å²) in [6.45, 7) is 0. The molecule has 0 heterocycles. The molecule has 1 rings (SSSR count). The molecule has 1 atom stereocenters. The molecule has 0 bridgehead atoms. The second-order valence-corrected chi connectivity index (χ2v) is 6.32. The van der Waals surface area contributed by atoms with E-state index >= 15 is 0 Å². The Labute approximate surface area is 128 Å². The molecule has 1 aromatic carbocycles. The molecule has 0 saturated carbocycles. The third-order valence-corrected chi connectivity index (χ3v) is 3.69. The molecular formula is C6H7O9P3Zr. The molecule has 0 fully saturated rings. The minimum atomic E-state index is -4.89. The van der Waals surface area contributed by atoms with Gasteiger partial charge in [0.15, 0.2) is 7.60 Å². The Bertz CT molecular complexity index is 437. The Morgan fingerprint density at radius 2 is 1.26 bits per heavy atom. The molecule has 3 N–H and O–H groups in total. The van der Waals surface area contributed by atoms with Gasteiger partial charge in [-0.05, 0) is 12.1 Å². The molecule has 0 aliphatic rings. The predicted molar refractivity (Wildman–Crippen MR) is 54.5 cm³/mol. The van der Waals surface area contributed by atoms with E-state index in [-0.39, 0.29) is 26.2 Å². The Morgan fingerprint density at radius 3 is 1.47 bits per heavy atom. The molecule has 0 aliphatic heterocycles. The number of benzene rings is 1. The SMILES string of the molecule is O=P([O-])(O)c1ccccc1P(=O)(O)O.[O-]P([O-])[O-].[Zr+4]. The topological polar surface area (TPSA) is 187 Å². The van der Waals surface area contributed by atoms with Gasteiger partial charge >= 0.3 is 33.8 Å². The van der Waals surface area contributed by atoms with E-state index in [9.17, 15) is 14.0 Å². The van der Waals surface area contributed by atoms with E-state index in [0.717, 1.165) is 12.1 Å². The average molecular weight is 407 g/mol. The van der Waals surface area contributed by atoms with E-state index in [1.165, 1.54) is 12.1 Å². The van der Waals surface area contributed by atoms with Gasteiger partial charge < -0.3 is 47.4 Å². The summed E-state index contributed by atoms with van der Waals surface area (Å²) in [6, 6.07) is 4.42. The maximum absolute atomic E-state index is 10.8. The van der Waals surface area contributed by atoms with E-state index in [2.05, 4.69) is 0 Å². The largest absolute Gasteiger partial charge is 4.00 e. The predicted octanol–water partition coefficient (Wildman–Crippen LogP) is -4.05. The number of rotatable bonds is 2. The van der Waals surface area contributed by atoms with Crippen LogP contribution in [0.2, 0.25) is 0 Å². The quantitative estimate of drug-likeness (QED) is 0.410. The van der Waals surface area contributed by atoms with Gasteiger partial charge in [-0.1, -0.05) is 12.1 Å². The third-order valence-electron chi connectivity index (χ3n) is 1.50. The Hall–Kier alpha value is 0.713. The van der Waals surface area contributed by atoms with Crippen LogP contribution in [0.25, 0.3) is 0 Å². The van der Waals surface area contributed by atoms with Crippen molar-refractivity contribution in [2.24, 2.45) is 0 Å². The second-order valence-electron chi connectivity index (χ2n) is 2.78. The fraction of sp³-hybridized carbons (Fsp3) is 0. The molecule has 0 radical (unpaired) electrons. The van der Waals surface area contributed by atoms with Gasteiger partial charge in [0.2, 0.25) is 0 Å². The minimum Gasteiger partial charge on any atom is -0.854 e. The first-order valence-corrected chi connectivity index (χ1v) is 8.26. The van der Waals surface area contributed by atoms with Crippen molar-refractivity contribution >= 4 is 34.4 Å². The van der Waals surface area contributed by atoms with Crippen molar-refractivity contribution in [3.63, 3.8) is 0 Å². The van der Waals surface area contributed by atoms with Crippen LogP contribution in [0.4, 0.5) is 0 Å².